The summed E-state index contributed by atoms with van der Waals surface area (Å²) in [5.74, 6) is 0.512. The first kappa shape index (κ1) is 8.23. The summed E-state index contributed by atoms with van der Waals surface area (Å²) >= 11 is 0. The minimum atomic E-state index is 0.512. The predicted octanol–water partition coefficient (Wildman–Crippen LogP) is 1.58. The van der Waals surface area contributed by atoms with Crippen LogP contribution < -0.4 is 4.52 Å². The highest BCUT2D eigenvalue weighted by atomic mass is 15.3. The molecule has 2 heterocycles. The Morgan fingerprint density at radius 1 is 1.46 bits per heavy atom. The molecular formula is C10H14N3+. The van der Waals surface area contributed by atoms with Crippen molar-refractivity contribution < 1.29 is 4.52 Å². The van der Waals surface area contributed by atoms with Gasteiger partial charge in [0, 0.05) is 0 Å². The lowest BCUT2D eigenvalue weighted by Gasteiger charge is -2.02. The smallest absolute Gasteiger partial charge is 0.189 e. The second kappa shape index (κ2) is 2.83. The maximum absolute atomic E-state index is 4.29. The molecule has 0 amide bonds. The Kier molecular flexibility index (Phi) is 1.79. The van der Waals surface area contributed by atoms with Crippen molar-refractivity contribution in [1.82, 2.24) is 10.1 Å². The molecule has 68 valence electrons. The van der Waals surface area contributed by atoms with Gasteiger partial charge in [-0.15, -0.1) is 4.52 Å². The highest BCUT2D eigenvalue weighted by Crippen LogP contribution is 2.16. The Hall–Kier alpha value is -1.38. The Morgan fingerprint density at radius 3 is 2.92 bits per heavy atom. The van der Waals surface area contributed by atoms with Crippen LogP contribution in [0.5, 0.6) is 0 Å². The van der Waals surface area contributed by atoms with E-state index in [9.17, 15) is 0 Å². The molecule has 1 N–H and O–H groups in total. The molecule has 0 aliphatic carbocycles. The topological polar surface area (TPSA) is 32.8 Å². The normalized spacial score (nSPS) is 11.4. The second-order valence-electron chi connectivity index (χ2n) is 3.71. The third kappa shape index (κ3) is 1.30. The molecule has 0 spiro atoms. The molecule has 3 heteroatoms. The zero-order valence-electron chi connectivity index (χ0n) is 8.20. The molecule has 3 nitrogen and oxygen atoms in total. The molecule has 0 saturated carbocycles. The van der Waals surface area contributed by atoms with Crippen LogP contribution in [0.3, 0.4) is 0 Å². The van der Waals surface area contributed by atoms with Crippen molar-refractivity contribution in [2.24, 2.45) is 0 Å². The Morgan fingerprint density at radius 2 is 2.23 bits per heavy atom. The van der Waals surface area contributed by atoms with Crippen LogP contribution in [0.4, 0.5) is 0 Å². The fraction of sp³-hybridized carbons (Fsp3) is 0.400. The standard InChI is InChI=1S/C10H13N3/c1-7(2)9-4-8(3)5-13-10(9)11-6-12-13/h4-7H,1-3H3/p+1. The molecule has 0 aliphatic rings. The zero-order valence-corrected chi connectivity index (χ0v) is 8.20. The first-order valence-electron chi connectivity index (χ1n) is 4.54. The van der Waals surface area contributed by atoms with E-state index in [0.29, 0.717) is 5.92 Å². The highest BCUT2D eigenvalue weighted by Gasteiger charge is 2.14. The van der Waals surface area contributed by atoms with Crippen LogP contribution >= 0.6 is 0 Å². The van der Waals surface area contributed by atoms with Gasteiger partial charge in [-0.2, -0.15) is 5.10 Å². The monoisotopic (exact) mass is 176 g/mol. The third-order valence-electron chi connectivity index (χ3n) is 2.21. The lowest BCUT2D eigenvalue weighted by Crippen LogP contribution is -2.24. The molecule has 0 atom stereocenters. The average molecular weight is 176 g/mol. The molecule has 0 saturated heterocycles. The molecule has 2 aromatic heterocycles. The fourth-order valence-electron chi connectivity index (χ4n) is 1.56. The molecule has 2 rings (SSSR count). The number of nitrogens with zero attached hydrogens (tertiary/aromatic N) is 2. The van der Waals surface area contributed by atoms with Crippen LogP contribution in [-0.2, 0) is 0 Å². The average Bonchev–Trinajstić information content (AvgIpc) is 2.49. The molecule has 0 aromatic carbocycles. The van der Waals surface area contributed by atoms with Crippen LogP contribution in [0.1, 0.15) is 30.9 Å². The van der Waals surface area contributed by atoms with Crippen LogP contribution in [0.2, 0.25) is 0 Å². The number of nitrogens with one attached hydrogen (secondary N) is 1. The van der Waals surface area contributed by atoms with Gasteiger partial charge < -0.3 is 0 Å². The highest BCUT2D eigenvalue weighted by molar-refractivity contribution is 5.43. The lowest BCUT2D eigenvalue weighted by molar-refractivity contribution is -0.578. The SMILES string of the molecule is Cc1cc(C(C)C)c2nc[nH][n+]2c1. The number of aromatic amines is 1. The van der Waals surface area contributed by atoms with E-state index in [1.54, 1.807) is 6.33 Å². The van der Waals surface area contributed by atoms with Gasteiger partial charge in [0.2, 0.25) is 6.33 Å². The number of hydrogen-bond donors (Lipinski definition) is 1. The fourth-order valence-corrected chi connectivity index (χ4v) is 1.56. The second-order valence-corrected chi connectivity index (χ2v) is 3.71. The van der Waals surface area contributed by atoms with Crippen LogP contribution in [-0.4, -0.2) is 10.1 Å². The molecule has 2 aromatic rings. The van der Waals surface area contributed by atoms with Gasteiger partial charge >= 0.3 is 5.65 Å². The first-order chi connectivity index (χ1) is 6.18. The van der Waals surface area contributed by atoms with Gasteiger partial charge in [-0.1, -0.05) is 13.8 Å². The van der Waals surface area contributed by atoms with E-state index in [2.05, 4.69) is 36.9 Å². The van der Waals surface area contributed by atoms with Crippen molar-refractivity contribution in [3.63, 3.8) is 0 Å². The molecule has 0 fully saturated rings. The number of aromatic nitrogens is 3. The molecule has 0 unspecified atom stereocenters. The number of hydrogen-bond acceptors (Lipinski definition) is 1. The van der Waals surface area contributed by atoms with Crippen molar-refractivity contribution >= 4 is 5.65 Å². The van der Waals surface area contributed by atoms with E-state index >= 15 is 0 Å². The van der Waals surface area contributed by atoms with Crippen molar-refractivity contribution in [3.8, 4) is 0 Å². The van der Waals surface area contributed by atoms with Gasteiger partial charge in [0.1, 0.15) is 6.20 Å². The van der Waals surface area contributed by atoms with E-state index in [4.69, 9.17) is 0 Å². The summed E-state index contributed by atoms with van der Waals surface area (Å²) < 4.78 is 1.96. The summed E-state index contributed by atoms with van der Waals surface area (Å²) in [6.07, 6.45) is 3.77. The number of aryl methyl sites for hydroxylation is 1. The minimum Gasteiger partial charge on any atom is -0.189 e. The van der Waals surface area contributed by atoms with Gasteiger partial charge in [0.05, 0.1) is 5.56 Å². The summed E-state index contributed by atoms with van der Waals surface area (Å²) in [6, 6.07) is 2.20. The van der Waals surface area contributed by atoms with Gasteiger partial charge in [-0.3, -0.25) is 0 Å². The Balaban J connectivity index is 2.77. The van der Waals surface area contributed by atoms with Crippen molar-refractivity contribution in [2.45, 2.75) is 26.7 Å². The number of pyridine rings is 1. The maximum Gasteiger partial charge on any atom is 0.351 e. The summed E-state index contributed by atoms with van der Waals surface area (Å²) in [7, 11) is 0. The molecule has 0 radical (unpaired) electrons. The number of fused-ring (bicyclic) bond motifs is 1. The third-order valence-corrected chi connectivity index (χ3v) is 2.21. The van der Waals surface area contributed by atoms with E-state index in [0.717, 1.165) is 5.65 Å². The van der Waals surface area contributed by atoms with E-state index in [-0.39, 0.29) is 0 Å². The molecule has 13 heavy (non-hydrogen) atoms. The summed E-state index contributed by atoms with van der Waals surface area (Å²) in [5.41, 5.74) is 3.58. The van der Waals surface area contributed by atoms with Gasteiger partial charge in [0.25, 0.3) is 0 Å². The Labute approximate surface area is 77.4 Å². The zero-order chi connectivity index (χ0) is 9.42. The first-order valence-corrected chi connectivity index (χ1v) is 4.54. The molecular weight excluding hydrogens is 162 g/mol. The quantitative estimate of drug-likeness (QED) is 0.657. The van der Waals surface area contributed by atoms with E-state index < -0.39 is 0 Å². The van der Waals surface area contributed by atoms with Crippen molar-refractivity contribution in [3.05, 3.63) is 29.7 Å². The van der Waals surface area contributed by atoms with Crippen molar-refractivity contribution in [1.29, 1.82) is 0 Å². The summed E-state index contributed by atoms with van der Waals surface area (Å²) in [5, 5.41) is 3.06. The summed E-state index contributed by atoms with van der Waals surface area (Å²) in [4.78, 5) is 4.29. The van der Waals surface area contributed by atoms with Crippen LogP contribution in [0, 0.1) is 6.92 Å². The lowest BCUT2D eigenvalue weighted by atomic mass is 10.0. The van der Waals surface area contributed by atoms with Gasteiger partial charge in [0.15, 0.2) is 0 Å². The van der Waals surface area contributed by atoms with E-state index in [1.165, 1.54) is 11.1 Å². The van der Waals surface area contributed by atoms with Crippen LogP contribution in [0.15, 0.2) is 18.6 Å². The van der Waals surface area contributed by atoms with Gasteiger partial charge in [-0.05, 0) is 29.5 Å². The summed E-state index contributed by atoms with van der Waals surface area (Å²) in [6.45, 7) is 6.46. The minimum absolute atomic E-state index is 0.512. The maximum atomic E-state index is 4.29. The van der Waals surface area contributed by atoms with Crippen molar-refractivity contribution in [2.75, 3.05) is 0 Å². The number of H-pyrrole nitrogens is 1. The molecule has 0 bridgehead atoms. The van der Waals surface area contributed by atoms with E-state index in [1.807, 2.05) is 10.7 Å². The largest absolute Gasteiger partial charge is 0.351 e. The Bertz CT molecular complexity index is 429. The van der Waals surface area contributed by atoms with Crippen LogP contribution in [0.25, 0.3) is 5.65 Å². The number of rotatable bonds is 1. The van der Waals surface area contributed by atoms with Gasteiger partial charge in [-0.25, -0.2) is 0 Å². The predicted molar refractivity (Wildman–Crippen MR) is 50.6 cm³/mol. The molecule has 0 aliphatic heterocycles.